The Hall–Kier alpha value is -1.21. The van der Waals surface area contributed by atoms with Gasteiger partial charge in [-0.15, -0.1) is 5.10 Å². The first-order valence-electron chi connectivity index (χ1n) is 10.9. The summed E-state index contributed by atoms with van der Waals surface area (Å²) in [6, 6.07) is 0. The Morgan fingerprint density at radius 1 is 0.607 bits per heavy atom. The molecule has 160 valence electrons. The van der Waals surface area contributed by atoms with E-state index in [1.807, 2.05) is 0 Å². The fourth-order valence-corrected chi connectivity index (χ4v) is 4.04. The molecule has 0 atom stereocenters. The highest BCUT2D eigenvalue weighted by Crippen LogP contribution is 2.10. The Kier molecular flexibility index (Phi) is 7.55. The molecule has 4 aliphatic rings. The molecule has 0 radical (unpaired) electrons. The van der Waals surface area contributed by atoms with Crippen LogP contribution in [0.2, 0.25) is 0 Å². The summed E-state index contributed by atoms with van der Waals surface area (Å²) in [5.41, 5.74) is 3.68. The van der Waals surface area contributed by atoms with E-state index in [0.717, 1.165) is 111 Å². The van der Waals surface area contributed by atoms with Crippen LogP contribution in [-0.4, -0.2) is 136 Å². The lowest BCUT2D eigenvalue weighted by Gasteiger charge is -2.47. The van der Waals surface area contributed by atoms with Crippen molar-refractivity contribution in [1.82, 2.24) is 51.8 Å². The van der Waals surface area contributed by atoms with Crippen LogP contribution in [0.25, 0.3) is 0 Å². The normalized spacial score (nSPS) is 27.0. The lowest BCUT2D eigenvalue weighted by atomic mass is 10.4. The average molecular weight is 396 g/mol. The van der Waals surface area contributed by atoms with Crippen molar-refractivity contribution in [3.8, 4) is 0 Å². The van der Waals surface area contributed by atoms with Gasteiger partial charge in [-0.2, -0.15) is 5.12 Å². The third-order valence-electron chi connectivity index (χ3n) is 5.62. The van der Waals surface area contributed by atoms with E-state index in [1.54, 1.807) is 0 Å². The SMILES string of the molecule is C1CN(/N=C(\NN2CCNCC2)N(N2CCNCC2)N2CCNCC2)CCN1. The second-order valence-corrected chi connectivity index (χ2v) is 7.67. The van der Waals surface area contributed by atoms with E-state index in [2.05, 4.69) is 51.8 Å². The molecule has 0 aliphatic carbocycles. The number of hydrazone groups is 1. The van der Waals surface area contributed by atoms with Crippen molar-refractivity contribution in [2.45, 2.75) is 0 Å². The molecule has 0 unspecified atom stereocenters. The van der Waals surface area contributed by atoms with Gasteiger partial charge < -0.3 is 21.3 Å². The molecule has 0 aromatic rings. The molecule has 0 amide bonds. The van der Waals surface area contributed by atoms with Crippen LogP contribution in [0.5, 0.6) is 0 Å². The first-order chi connectivity index (χ1) is 13.9. The Labute approximate surface area is 168 Å². The lowest BCUT2D eigenvalue weighted by molar-refractivity contribution is -0.141. The van der Waals surface area contributed by atoms with Crippen molar-refractivity contribution in [2.24, 2.45) is 5.10 Å². The quantitative estimate of drug-likeness (QED) is 0.244. The Balaban J connectivity index is 1.56. The number of hydrogen-bond donors (Lipinski definition) is 5. The van der Waals surface area contributed by atoms with E-state index in [0.29, 0.717) is 0 Å². The molecule has 0 saturated carbocycles. The third kappa shape index (κ3) is 5.44. The molecule has 0 spiro atoms. The molecular formula is C17H37N11. The van der Waals surface area contributed by atoms with Crippen LogP contribution in [0.15, 0.2) is 5.10 Å². The molecule has 0 aromatic heterocycles. The van der Waals surface area contributed by atoms with Crippen LogP contribution in [0.1, 0.15) is 0 Å². The number of nitrogens with zero attached hydrogens (tertiary/aromatic N) is 6. The van der Waals surface area contributed by atoms with Gasteiger partial charge in [0.15, 0.2) is 0 Å². The Morgan fingerprint density at radius 2 is 1.04 bits per heavy atom. The minimum absolute atomic E-state index is 0.938. The van der Waals surface area contributed by atoms with Gasteiger partial charge in [-0.25, -0.2) is 15.0 Å². The fraction of sp³-hybridized carbons (Fsp3) is 0.941. The highest BCUT2D eigenvalue weighted by Gasteiger charge is 2.30. The maximum atomic E-state index is 5.12. The van der Waals surface area contributed by atoms with E-state index >= 15 is 0 Å². The molecule has 0 aromatic carbocycles. The van der Waals surface area contributed by atoms with Crippen LogP contribution in [-0.2, 0) is 0 Å². The largest absolute Gasteiger partial charge is 0.314 e. The standard InChI is InChI=1S/C17H37N11/c1-9-24(10-2-18-1)22-17(23-25-11-3-19-4-12-25)28(26-13-5-20-6-14-26)27-15-7-21-8-16-27/h18-21H,1-16H2,(H,22,23). The third-order valence-corrected chi connectivity index (χ3v) is 5.62. The monoisotopic (exact) mass is 395 g/mol. The molecule has 28 heavy (non-hydrogen) atoms. The van der Waals surface area contributed by atoms with E-state index in [1.165, 1.54) is 0 Å². The van der Waals surface area contributed by atoms with E-state index in [9.17, 15) is 0 Å². The van der Waals surface area contributed by atoms with Crippen LogP contribution >= 0.6 is 0 Å². The van der Waals surface area contributed by atoms with Gasteiger partial charge in [-0.1, -0.05) is 0 Å². The van der Waals surface area contributed by atoms with Crippen molar-refractivity contribution in [3.63, 3.8) is 0 Å². The summed E-state index contributed by atoms with van der Waals surface area (Å²) in [6.45, 7) is 15.9. The zero-order valence-corrected chi connectivity index (χ0v) is 17.0. The highest BCUT2D eigenvalue weighted by atomic mass is 15.9. The van der Waals surface area contributed by atoms with Gasteiger partial charge in [0, 0.05) is 105 Å². The summed E-state index contributed by atoms with van der Waals surface area (Å²) in [5.74, 6) is 0.938. The lowest BCUT2D eigenvalue weighted by Crippen LogP contribution is -2.68. The topological polar surface area (TPSA) is 88.7 Å². The summed E-state index contributed by atoms with van der Waals surface area (Å²) in [7, 11) is 0. The van der Waals surface area contributed by atoms with Gasteiger partial charge in [0.05, 0.1) is 0 Å². The number of piperazine rings is 4. The number of guanidine groups is 1. The first kappa shape index (κ1) is 20.1. The number of rotatable bonds is 4. The van der Waals surface area contributed by atoms with Crippen molar-refractivity contribution >= 4 is 5.96 Å². The Bertz CT molecular complexity index is 459. The summed E-state index contributed by atoms with van der Waals surface area (Å²) < 4.78 is 0. The van der Waals surface area contributed by atoms with Crippen LogP contribution in [0.3, 0.4) is 0 Å². The molecule has 11 nitrogen and oxygen atoms in total. The number of hydrogen-bond acceptors (Lipinski definition) is 9. The van der Waals surface area contributed by atoms with Gasteiger partial charge in [0.2, 0.25) is 0 Å². The van der Waals surface area contributed by atoms with E-state index in [4.69, 9.17) is 5.10 Å². The Morgan fingerprint density at radius 3 is 1.54 bits per heavy atom. The van der Waals surface area contributed by atoms with Gasteiger partial charge in [0.1, 0.15) is 0 Å². The average Bonchev–Trinajstić information content (AvgIpc) is 2.77. The minimum atomic E-state index is 0.938. The van der Waals surface area contributed by atoms with Crippen LogP contribution in [0.4, 0.5) is 0 Å². The summed E-state index contributed by atoms with van der Waals surface area (Å²) in [6.07, 6.45) is 0. The first-order valence-corrected chi connectivity index (χ1v) is 10.9. The predicted molar refractivity (Wildman–Crippen MR) is 110 cm³/mol. The summed E-state index contributed by atoms with van der Waals surface area (Å²) >= 11 is 0. The van der Waals surface area contributed by atoms with Crippen molar-refractivity contribution < 1.29 is 0 Å². The fourth-order valence-electron chi connectivity index (χ4n) is 4.04. The molecule has 4 aliphatic heterocycles. The number of nitrogens with one attached hydrogen (secondary N) is 5. The van der Waals surface area contributed by atoms with Gasteiger partial charge in [0.25, 0.3) is 5.96 Å². The van der Waals surface area contributed by atoms with Crippen molar-refractivity contribution in [1.29, 1.82) is 0 Å². The zero-order chi connectivity index (χ0) is 19.0. The van der Waals surface area contributed by atoms with Crippen molar-refractivity contribution in [3.05, 3.63) is 0 Å². The van der Waals surface area contributed by atoms with Gasteiger partial charge in [-0.05, 0) is 0 Å². The molecule has 11 heteroatoms. The molecule has 0 bridgehead atoms. The van der Waals surface area contributed by atoms with Crippen molar-refractivity contribution in [2.75, 3.05) is 105 Å². The molecule has 4 rings (SSSR count). The van der Waals surface area contributed by atoms with Gasteiger partial charge >= 0.3 is 0 Å². The molecular weight excluding hydrogens is 358 g/mol. The maximum Gasteiger partial charge on any atom is 0.261 e. The van der Waals surface area contributed by atoms with E-state index < -0.39 is 0 Å². The molecule has 4 heterocycles. The smallest absolute Gasteiger partial charge is 0.261 e. The minimum Gasteiger partial charge on any atom is -0.314 e. The van der Waals surface area contributed by atoms with Gasteiger partial charge in [-0.3, -0.25) is 10.4 Å². The summed E-state index contributed by atoms with van der Waals surface area (Å²) in [4.78, 5) is 0. The van der Waals surface area contributed by atoms with E-state index in [-0.39, 0.29) is 0 Å². The second kappa shape index (κ2) is 10.5. The summed E-state index contributed by atoms with van der Waals surface area (Å²) in [5, 5.41) is 30.7. The molecule has 5 N–H and O–H groups in total. The number of hydrazine groups is 3. The second-order valence-electron chi connectivity index (χ2n) is 7.67. The highest BCUT2D eigenvalue weighted by molar-refractivity contribution is 5.78. The zero-order valence-electron chi connectivity index (χ0n) is 17.0. The predicted octanol–water partition coefficient (Wildman–Crippen LogP) is -3.49. The maximum absolute atomic E-state index is 5.12. The molecule has 4 fully saturated rings. The molecule has 4 saturated heterocycles. The van der Waals surface area contributed by atoms with Crippen LogP contribution in [0, 0.1) is 0 Å². The van der Waals surface area contributed by atoms with Crippen LogP contribution < -0.4 is 26.7 Å².